The highest BCUT2D eigenvalue weighted by molar-refractivity contribution is 7.46. The monoisotopic (exact) mass is 364 g/mol. The van der Waals surface area contributed by atoms with Gasteiger partial charge in [-0.1, -0.05) is 54.6 Å². The quantitative estimate of drug-likeness (QED) is 0.402. The lowest BCUT2D eigenvalue weighted by atomic mass is 10.2. The lowest BCUT2D eigenvalue weighted by Crippen LogP contribution is -2.30. The molecular formula is C18H21O6P. The van der Waals surface area contributed by atoms with E-state index < -0.39 is 13.6 Å². The van der Waals surface area contributed by atoms with Gasteiger partial charge in [0.15, 0.2) is 5.79 Å². The largest absolute Gasteiger partial charge is 0.491 e. The highest BCUT2D eigenvalue weighted by Gasteiger charge is 2.32. The Hall–Kier alpha value is -1.95. The van der Waals surface area contributed by atoms with E-state index in [1.807, 2.05) is 48.5 Å². The number of ether oxygens (including phenoxy) is 2. The molecule has 2 aromatic rings. The molecule has 0 aliphatic rings. The Labute approximate surface area is 146 Å². The molecule has 0 spiro atoms. The first-order valence-corrected chi connectivity index (χ1v) is 9.22. The molecular weight excluding hydrogens is 343 g/mol. The van der Waals surface area contributed by atoms with E-state index >= 15 is 0 Å². The van der Waals surface area contributed by atoms with Crippen molar-refractivity contribution >= 4 is 13.9 Å². The van der Waals surface area contributed by atoms with Crippen molar-refractivity contribution in [3.05, 3.63) is 72.3 Å². The lowest BCUT2D eigenvalue weighted by molar-refractivity contribution is -0.147. The number of para-hydroxylation sites is 1. The van der Waals surface area contributed by atoms with Gasteiger partial charge in [0.25, 0.3) is 0 Å². The van der Waals surface area contributed by atoms with Crippen LogP contribution >= 0.6 is 7.82 Å². The molecule has 0 heterocycles. The third-order valence-corrected chi connectivity index (χ3v) is 3.76. The van der Waals surface area contributed by atoms with Gasteiger partial charge in [0, 0.05) is 0 Å². The predicted molar refractivity (Wildman–Crippen MR) is 94.9 cm³/mol. The molecule has 0 aromatic heterocycles. The van der Waals surface area contributed by atoms with E-state index in [1.165, 1.54) is 13.0 Å². The zero-order valence-electron chi connectivity index (χ0n) is 13.8. The van der Waals surface area contributed by atoms with Crippen LogP contribution in [0.3, 0.4) is 0 Å². The van der Waals surface area contributed by atoms with Crippen molar-refractivity contribution in [1.29, 1.82) is 0 Å². The van der Waals surface area contributed by atoms with E-state index in [1.54, 1.807) is 18.2 Å². The summed E-state index contributed by atoms with van der Waals surface area (Å²) in [6.07, 6.45) is 3.14. The standard InChI is InChI=1S/C18H21O6P/c1-18(24-25(19,20)21,13-12-16-8-4-2-5-9-16)23-15-14-22-17-10-6-3-7-11-17/h2-13H,14-15H2,1H3,(H2,19,20,21). The number of phosphoric ester groups is 1. The van der Waals surface area contributed by atoms with Crippen molar-refractivity contribution in [2.75, 3.05) is 13.2 Å². The van der Waals surface area contributed by atoms with Gasteiger partial charge in [-0.3, -0.25) is 4.52 Å². The van der Waals surface area contributed by atoms with Crippen LogP contribution in [0.25, 0.3) is 6.08 Å². The SMILES string of the molecule is CC(C=Cc1ccccc1)(OCCOc1ccccc1)OP(=O)(O)O. The maximum absolute atomic E-state index is 11.2. The minimum absolute atomic E-state index is 0.0878. The minimum atomic E-state index is -4.73. The molecule has 0 saturated carbocycles. The number of phosphoric acid groups is 1. The van der Waals surface area contributed by atoms with Crippen LogP contribution in [0, 0.1) is 0 Å². The zero-order valence-corrected chi connectivity index (χ0v) is 14.7. The van der Waals surface area contributed by atoms with Crippen molar-refractivity contribution in [3.63, 3.8) is 0 Å². The molecule has 134 valence electrons. The summed E-state index contributed by atoms with van der Waals surface area (Å²) >= 11 is 0. The van der Waals surface area contributed by atoms with Crippen LogP contribution in [0.15, 0.2) is 66.7 Å². The molecule has 1 atom stereocenters. The van der Waals surface area contributed by atoms with Crippen LogP contribution in [0.1, 0.15) is 12.5 Å². The van der Waals surface area contributed by atoms with E-state index in [9.17, 15) is 4.57 Å². The molecule has 2 N–H and O–H groups in total. The van der Waals surface area contributed by atoms with Gasteiger partial charge in [-0.15, -0.1) is 0 Å². The second-order valence-corrected chi connectivity index (χ2v) is 6.52. The van der Waals surface area contributed by atoms with Crippen molar-refractivity contribution < 1.29 is 28.3 Å². The minimum Gasteiger partial charge on any atom is -0.491 e. The van der Waals surface area contributed by atoms with Gasteiger partial charge in [0.05, 0.1) is 6.61 Å². The summed E-state index contributed by atoms with van der Waals surface area (Å²) in [4.78, 5) is 18.3. The Kier molecular flexibility index (Phi) is 6.93. The van der Waals surface area contributed by atoms with E-state index in [0.29, 0.717) is 5.75 Å². The molecule has 0 bridgehead atoms. The molecule has 1 unspecified atom stereocenters. The molecule has 0 aliphatic carbocycles. The molecule has 25 heavy (non-hydrogen) atoms. The fourth-order valence-electron chi connectivity index (χ4n) is 2.07. The summed E-state index contributed by atoms with van der Waals surface area (Å²) in [5.74, 6) is -0.905. The van der Waals surface area contributed by atoms with Gasteiger partial charge in [-0.05, 0) is 30.7 Å². The fraction of sp³-hybridized carbons (Fsp3) is 0.222. The molecule has 0 radical (unpaired) electrons. The third kappa shape index (κ3) is 7.65. The summed E-state index contributed by atoms with van der Waals surface area (Å²) in [5.41, 5.74) is 0.854. The van der Waals surface area contributed by atoms with E-state index in [2.05, 4.69) is 0 Å². The van der Waals surface area contributed by atoms with Crippen LogP contribution in [0.4, 0.5) is 0 Å². The Morgan fingerprint density at radius 3 is 2.20 bits per heavy atom. The van der Waals surface area contributed by atoms with Gasteiger partial charge in [-0.25, -0.2) is 4.57 Å². The summed E-state index contributed by atoms with van der Waals surface area (Å²) in [6.45, 7) is 1.74. The first kappa shape index (κ1) is 19.4. The zero-order chi connectivity index (χ0) is 18.2. The van der Waals surface area contributed by atoms with Gasteiger partial charge >= 0.3 is 7.82 Å². The molecule has 6 nitrogen and oxygen atoms in total. The lowest BCUT2D eigenvalue weighted by Gasteiger charge is -2.26. The smallest absolute Gasteiger partial charge is 0.472 e. The van der Waals surface area contributed by atoms with Crippen LogP contribution < -0.4 is 4.74 Å². The number of hydrogen-bond donors (Lipinski definition) is 2. The summed E-state index contributed by atoms with van der Waals surface area (Å²) < 4.78 is 27.1. The van der Waals surface area contributed by atoms with Crippen LogP contribution in [0.5, 0.6) is 5.75 Å². The van der Waals surface area contributed by atoms with Gasteiger partial charge < -0.3 is 19.3 Å². The van der Waals surface area contributed by atoms with Gasteiger partial charge in [-0.2, -0.15) is 0 Å². The first-order valence-electron chi connectivity index (χ1n) is 7.69. The number of rotatable bonds is 9. The van der Waals surface area contributed by atoms with Gasteiger partial charge in [0.1, 0.15) is 12.4 Å². The maximum atomic E-state index is 11.2. The maximum Gasteiger partial charge on any atom is 0.472 e. The summed E-state index contributed by atoms with van der Waals surface area (Å²) in [6, 6.07) is 18.5. The Bertz CT molecular complexity index is 713. The molecule has 7 heteroatoms. The fourth-order valence-corrected chi connectivity index (χ4v) is 2.66. The predicted octanol–water partition coefficient (Wildman–Crippen LogP) is 3.62. The molecule has 0 amide bonds. The van der Waals surface area contributed by atoms with E-state index in [0.717, 1.165) is 5.56 Å². The second kappa shape index (κ2) is 8.94. The average Bonchev–Trinajstić information content (AvgIpc) is 2.58. The van der Waals surface area contributed by atoms with E-state index in [-0.39, 0.29) is 13.2 Å². The molecule has 0 aliphatic heterocycles. The normalized spacial score (nSPS) is 14.4. The van der Waals surface area contributed by atoms with E-state index in [4.69, 9.17) is 23.8 Å². The molecule has 0 saturated heterocycles. The summed E-state index contributed by atoms with van der Waals surface area (Å²) in [7, 11) is -4.73. The average molecular weight is 364 g/mol. The topological polar surface area (TPSA) is 85.2 Å². The van der Waals surface area contributed by atoms with Crippen LogP contribution in [-0.4, -0.2) is 28.8 Å². The Morgan fingerprint density at radius 1 is 1.00 bits per heavy atom. The van der Waals surface area contributed by atoms with Gasteiger partial charge in [0.2, 0.25) is 0 Å². The highest BCUT2D eigenvalue weighted by atomic mass is 31.2. The van der Waals surface area contributed by atoms with Crippen molar-refractivity contribution in [2.24, 2.45) is 0 Å². The van der Waals surface area contributed by atoms with Crippen LogP contribution in [0.2, 0.25) is 0 Å². The highest BCUT2D eigenvalue weighted by Crippen LogP contribution is 2.42. The van der Waals surface area contributed by atoms with Crippen LogP contribution in [-0.2, 0) is 13.8 Å². The second-order valence-electron chi connectivity index (χ2n) is 5.35. The molecule has 0 fully saturated rings. The first-order chi connectivity index (χ1) is 11.9. The van der Waals surface area contributed by atoms with Crippen molar-refractivity contribution in [3.8, 4) is 5.75 Å². The number of hydrogen-bond acceptors (Lipinski definition) is 4. The van der Waals surface area contributed by atoms with Crippen molar-refractivity contribution in [1.82, 2.24) is 0 Å². The molecule has 2 aromatic carbocycles. The summed E-state index contributed by atoms with van der Waals surface area (Å²) in [5, 5.41) is 0. The van der Waals surface area contributed by atoms with Crippen molar-refractivity contribution in [2.45, 2.75) is 12.7 Å². The third-order valence-electron chi connectivity index (χ3n) is 3.16. The Morgan fingerprint density at radius 2 is 1.60 bits per heavy atom. The Balaban J connectivity index is 1.97. The molecule has 2 rings (SSSR count). The number of benzene rings is 2.